The molecule has 0 aromatic carbocycles. The highest BCUT2D eigenvalue weighted by molar-refractivity contribution is 6.17. The van der Waals surface area contributed by atoms with Crippen molar-refractivity contribution in [1.82, 2.24) is 10.2 Å². The Morgan fingerprint density at radius 2 is 2.56 bits per heavy atom. The average molecular weight is 122 g/mol. The Morgan fingerprint density at radius 1 is 1.78 bits per heavy atom. The second-order valence-electron chi connectivity index (χ2n) is 1.16. The molecular formula is C3H4B2N2O2. The summed E-state index contributed by atoms with van der Waals surface area (Å²) in [6.45, 7) is 0. The molecule has 44 valence electrons. The van der Waals surface area contributed by atoms with Crippen LogP contribution in [-0.4, -0.2) is 31.3 Å². The fourth-order valence-corrected chi connectivity index (χ4v) is 0.364. The van der Waals surface area contributed by atoms with Crippen LogP contribution in [0.3, 0.4) is 0 Å². The highest BCUT2D eigenvalue weighted by atomic mass is 16.5. The summed E-state index contributed by atoms with van der Waals surface area (Å²) in [5, 5.41) is 14.1. The molecule has 0 saturated heterocycles. The van der Waals surface area contributed by atoms with Crippen LogP contribution in [0.1, 0.15) is 0 Å². The van der Waals surface area contributed by atoms with E-state index in [1.165, 1.54) is 12.4 Å². The molecule has 0 unspecified atom stereocenters. The van der Waals surface area contributed by atoms with Crippen molar-refractivity contribution in [3.8, 4) is 5.75 Å². The fraction of sp³-hybridized carbons (Fsp3) is 0. The normalized spacial score (nSPS) is 7.67. The van der Waals surface area contributed by atoms with E-state index in [0.717, 1.165) is 0 Å². The van der Waals surface area contributed by atoms with Crippen molar-refractivity contribution >= 4 is 16.1 Å². The molecule has 1 heterocycles. The predicted octanol–water partition coefficient (Wildman–Crippen LogP) is -1.07. The first-order valence-electron chi connectivity index (χ1n) is 2.05. The molecular weight excluding hydrogens is 118 g/mol. The molecule has 4 nitrogen and oxygen atoms in total. The third-order valence-corrected chi connectivity index (χ3v) is 0.662. The number of hydrogen-bond donors (Lipinski definition) is 2. The third kappa shape index (κ3) is 2.23. The van der Waals surface area contributed by atoms with Gasteiger partial charge in [-0.1, -0.05) is 0 Å². The van der Waals surface area contributed by atoms with Gasteiger partial charge in [0, 0.05) is 8.41 Å². The summed E-state index contributed by atoms with van der Waals surface area (Å²) in [6.07, 6.45) is 2.97. The van der Waals surface area contributed by atoms with E-state index in [1.54, 1.807) is 0 Å². The van der Waals surface area contributed by atoms with Gasteiger partial charge in [-0.05, 0) is 0 Å². The molecule has 6 heteroatoms. The molecule has 0 aliphatic rings. The number of rotatable bonds is 2. The molecule has 0 fully saturated rings. The van der Waals surface area contributed by atoms with Crippen molar-refractivity contribution < 1.29 is 9.68 Å². The van der Waals surface area contributed by atoms with E-state index in [9.17, 15) is 0 Å². The second kappa shape index (κ2) is 4.03. The quantitative estimate of drug-likeness (QED) is 0.491. The van der Waals surface area contributed by atoms with Crippen LogP contribution in [0.4, 0.5) is 0 Å². The molecule has 0 aliphatic heterocycles. The maximum absolute atomic E-state index is 8.05. The van der Waals surface area contributed by atoms with Gasteiger partial charge in [0.15, 0.2) is 0 Å². The Bertz CT molecular complexity index is 144. The highest BCUT2D eigenvalue weighted by Gasteiger charge is 1.91. The van der Waals surface area contributed by atoms with Gasteiger partial charge in [-0.15, -0.1) is 0 Å². The van der Waals surface area contributed by atoms with Crippen LogP contribution in [0.5, 0.6) is 5.75 Å². The van der Waals surface area contributed by atoms with Crippen molar-refractivity contribution in [2.24, 2.45) is 0 Å². The molecule has 0 atom stereocenters. The lowest BCUT2D eigenvalue weighted by molar-refractivity contribution is 0.454. The number of aromatic nitrogens is 2. The van der Waals surface area contributed by atoms with Gasteiger partial charge in [0.05, 0.1) is 12.4 Å². The number of aromatic amines is 1. The monoisotopic (exact) mass is 122 g/mol. The lowest BCUT2D eigenvalue weighted by Gasteiger charge is -1.89. The van der Waals surface area contributed by atoms with Gasteiger partial charge < -0.3 is 9.68 Å². The van der Waals surface area contributed by atoms with Crippen molar-refractivity contribution in [3.63, 3.8) is 0 Å². The largest absolute Gasteiger partial charge is 0.569 e. The van der Waals surface area contributed by atoms with E-state index in [-0.39, 0.29) is 8.41 Å². The van der Waals surface area contributed by atoms with Crippen molar-refractivity contribution in [2.75, 3.05) is 0 Å². The van der Waals surface area contributed by atoms with E-state index >= 15 is 0 Å². The van der Waals surface area contributed by atoms with Gasteiger partial charge in [0.1, 0.15) is 5.75 Å². The van der Waals surface area contributed by atoms with Crippen molar-refractivity contribution in [2.45, 2.75) is 0 Å². The summed E-state index contributed by atoms with van der Waals surface area (Å²) in [4.78, 5) is 0. The number of nitrogens with zero attached hydrogens (tertiary/aromatic N) is 1. The van der Waals surface area contributed by atoms with E-state index in [0.29, 0.717) is 13.4 Å². The predicted molar refractivity (Wildman–Crippen MR) is 32.9 cm³/mol. The molecule has 0 amide bonds. The zero-order valence-electron chi connectivity index (χ0n) is 4.61. The molecule has 0 spiro atoms. The average Bonchev–Trinajstić information content (AvgIpc) is 2.19. The second-order valence-corrected chi connectivity index (χ2v) is 1.16. The van der Waals surface area contributed by atoms with Crippen molar-refractivity contribution in [1.29, 1.82) is 0 Å². The van der Waals surface area contributed by atoms with Crippen LogP contribution in [-0.2, 0) is 0 Å². The Morgan fingerprint density at radius 3 is 3.00 bits per heavy atom. The van der Waals surface area contributed by atoms with Crippen LogP contribution >= 0.6 is 0 Å². The molecule has 4 radical (unpaired) electrons. The number of nitrogens with one attached hydrogen (secondary N) is 1. The summed E-state index contributed by atoms with van der Waals surface area (Å²) in [6, 6.07) is 0. The Labute approximate surface area is 55.1 Å². The molecule has 0 bridgehead atoms. The molecule has 9 heavy (non-hydrogen) atoms. The lowest BCUT2D eigenvalue weighted by Crippen LogP contribution is -1.97. The first-order chi connectivity index (χ1) is 3.93. The molecule has 0 aliphatic carbocycles. The first kappa shape index (κ1) is 8.10. The fourth-order valence-electron chi connectivity index (χ4n) is 0.364. The van der Waals surface area contributed by atoms with E-state index < -0.39 is 0 Å². The van der Waals surface area contributed by atoms with E-state index in [4.69, 9.17) is 5.02 Å². The molecule has 1 rings (SSSR count). The summed E-state index contributed by atoms with van der Waals surface area (Å²) < 4.78 is 4.48. The molecule has 2 N–H and O–H groups in total. The van der Waals surface area contributed by atoms with Crippen LogP contribution in [0, 0.1) is 0 Å². The summed E-state index contributed by atoms with van der Waals surface area (Å²) in [5.41, 5.74) is 0. The third-order valence-electron chi connectivity index (χ3n) is 0.662. The standard InChI is InChI=1S/C3H4BN2O2.B/c7-4-8-3-1-5-6-2-3;/h1-2,7H,(H,5,6);. The molecule has 1 aromatic heterocycles. The lowest BCUT2D eigenvalue weighted by atomic mass is 10.4. The Kier molecular flexibility index (Phi) is 3.62. The van der Waals surface area contributed by atoms with Gasteiger partial charge >= 0.3 is 7.69 Å². The number of hydrogen-bond acceptors (Lipinski definition) is 3. The molecule has 1 aromatic rings. The van der Waals surface area contributed by atoms with E-state index in [1.807, 2.05) is 0 Å². The summed E-state index contributed by atoms with van der Waals surface area (Å²) in [5.74, 6) is 0.493. The zero-order chi connectivity index (χ0) is 5.82. The van der Waals surface area contributed by atoms with Gasteiger partial charge in [-0.25, -0.2) is 0 Å². The van der Waals surface area contributed by atoms with Crippen LogP contribution in [0.2, 0.25) is 0 Å². The summed E-state index contributed by atoms with van der Waals surface area (Å²) in [7, 11) is 0.602. The molecule has 0 saturated carbocycles. The minimum absolute atomic E-state index is 0. The van der Waals surface area contributed by atoms with Gasteiger partial charge in [-0.2, -0.15) is 5.10 Å². The van der Waals surface area contributed by atoms with Gasteiger partial charge in [0.2, 0.25) is 0 Å². The van der Waals surface area contributed by atoms with Gasteiger partial charge in [-0.3, -0.25) is 5.10 Å². The van der Waals surface area contributed by atoms with Gasteiger partial charge in [0.25, 0.3) is 0 Å². The first-order valence-corrected chi connectivity index (χ1v) is 2.05. The number of H-pyrrole nitrogens is 1. The topological polar surface area (TPSA) is 58.1 Å². The maximum Gasteiger partial charge on any atom is 0.569 e. The maximum atomic E-state index is 8.05. The zero-order valence-corrected chi connectivity index (χ0v) is 4.61. The Hall–Kier alpha value is -0.900. The van der Waals surface area contributed by atoms with Crippen LogP contribution in [0.15, 0.2) is 12.4 Å². The van der Waals surface area contributed by atoms with Crippen molar-refractivity contribution in [3.05, 3.63) is 12.4 Å². The SMILES string of the molecule is O[B]Oc1cn[nH]c1.[B]. The minimum atomic E-state index is 0. The smallest absolute Gasteiger partial charge is 0.535 e. The van der Waals surface area contributed by atoms with Crippen LogP contribution < -0.4 is 4.65 Å². The summed E-state index contributed by atoms with van der Waals surface area (Å²) >= 11 is 0. The minimum Gasteiger partial charge on any atom is -0.535 e. The van der Waals surface area contributed by atoms with Crippen LogP contribution in [0.25, 0.3) is 0 Å². The highest BCUT2D eigenvalue weighted by Crippen LogP contribution is 2.01. The Balaban J connectivity index is 0.000000640. The van der Waals surface area contributed by atoms with E-state index in [2.05, 4.69) is 14.9 Å².